The van der Waals surface area contributed by atoms with Crippen molar-refractivity contribution in [3.8, 4) is 0 Å². The van der Waals surface area contributed by atoms with Gasteiger partial charge >= 0.3 is 0 Å². The Hall–Kier alpha value is -1.51. The Labute approximate surface area is 262 Å². The van der Waals surface area contributed by atoms with E-state index in [4.69, 9.17) is 0 Å². The number of unbranched alkanes of at least 4 members (excludes halogenated alkanes) is 22. The third kappa shape index (κ3) is 27.3. The minimum Gasteiger partial charge on any atom is -0.299 e. The fourth-order valence-electron chi connectivity index (χ4n) is 5.66. The third-order valence-corrected chi connectivity index (χ3v) is 8.42. The minimum atomic E-state index is -1.02. The average molecular weight is 587 g/mol. The molecule has 0 spiro atoms. The normalized spacial score (nSPS) is 11.8. The topological polar surface area (TPSA) is 51.2 Å². The predicted molar refractivity (Wildman–Crippen MR) is 183 cm³/mol. The highest BCUT2D eigenvalue weighted by Crippen LogP contribution is 2.16. The van der Waals surface area contributed by atoms with E-state index in [2.05, 4.69) is 38.2 Å². The van der Waals surface area contributed by atoms with Gasteiger partial charge in [0.05, 0.1) is 0 Å². The summed E-state index contributed by atoms with van der Waals surface area (Å²) in [5, 5.41) is 0. The lowest BCUT2D eigenvalue weighted by Gasteiger charge is -2.12. The largest absolute Gasteiger partial charge is 0.299 e. The number of carbonyl (C=O) groups is 3. The molecule has 0 radical (unpaired) electrons. The zero-order chi connectivity index (χ0) is 30.9. The van der Waals surface area contributed by atoms with Crippen LogP contribution in [0.25, 0.3) is 0 Å². The van der Waals surface area contributed by atoms with Crippen molar-refractivity contribution in [2.24, 2.45) is 5.92 Å². The zero-order valence-corrected chi connectivity index (χ0v) is 28.4. The second kappa shape index (κ2) is 32.4. The van der Waals surface area contributed by atoms with Crippen LogP contribution in [0.3, 0.4) is 0 Å². The standard InChI is InChI=1S/C39H70O3/c1-4-6-8-10-12-14-16-18-20-22-24-26-28-30-32-34-37(41)39(36(3)40)38(42)35-33-31-29-27-25-23-21-19-17-15-13-11-9-7-5-2/h18-21,39H,4-17,22-35H2,1-3H3/b20-18-,21-19-. The lowest BCUT2D eigenvalue weighted by Crippen LogP contribution is -2.30. The van der Waals surface area contributed by atoms with E-state index in [1.165, 1.54) is 122 Å². The van der Waals surface area contributed by atoms with E-state index in [1.807, 2.05) is 0 Å². The summed E-state index contributed by atoms with van der Waals surface area (Å²) in [6.45, 7) is 5.92. The van der Waals surface area contributed by atoms with Gasteiger partial charge in [-0.25, -0.2) is 0 Å². The molecule has 0 aliphatic rings. The highest BCUT2D eigenvalue weighted by Gasteiger charge is 2.29. The minimum absolute atomic E-state index is 0.155. The van der Waals surface area contributed by atoms with Crippen molar-refractivity contribution in [3.05, 3.63) is 24.3 Å². The number of carbonyl (C=O) groups excluding carboxylic acids is 3. The van der Waals surface area contributed by atoms with E-state index in [9.17, 15) is 14.4 Å². The van der Waals surface area contributed by atoms with Gasteiger partial charge in [0.2, 0.25) is 0 Å². The van der Waals surface area contributed by atoms with Crippen LogP contribution in [0.2, 0.25) is 0 Å². The molecular weight excluding hydrogens is 516 g/mol. The molecule has 0 fully saturated rings. The van der Waals surface area contributed by atoms with E-state index in [1.54, 1.807) is 0 Å². The summed E-state index contributed by atoms with van der Waals surface area (Å²) in [4.78, 5) is 37.4. The quantitative estimate of drug-likeness (QED) is 0.0436. The van der Waals surface area contributed by atoms with Gasteiger partial charge in [-0.3, -0.25) is 14.4 Å². The number of rotatable bonds is 33. The van der Waals surface area contributed by atoms with Crippen LogP contribution in [0.5, 0.6) is 0 Å². The van der Waals surface area contributed by atoms with Crippen molar-refractivity contribution in [1.29, 1.82) is 0 Å². The van der Waals surface area contributed by atoms with Crippen molar-refractivity contribution in [2.75, 3.05) is 0 Å². The monoisotopic (exact) mass is 587 g/mol. The molecule has 0 saturated heterocycles. The molecule has 0 aliphatic carbocycles. The van der Waals surface area contributed by atoms with Crippen LogP contribution >= 0.6 is 0 Å². The van der Waals surface area contributed by atoms with Gasteiger partial charge in [-0.1, -0.05) is 141 Å². The van der Waals surface area contributed by atoms with E-state index in [0.29, 0.717) is 12.8 Å². The first-order valence-corrected chi connectivity index (χ1v) is 18.4. The summed E-state index contributed by atoms with van der Waals surface area (Å²) in [6, 6.07) is 0. The molecule has 0 heterocycles. The van der Waals surface area contributed by atoms with Crippen molar-refractivity contribution >= 4 is 17.3 Å². The summed E-state index contributed by atoms with van der Waals surface area (Å²) in [5.41, 5.74) is 0. The smallest absolute Gasteiger partial charge is 0.150 e. The SMILES string of the molecule is CCCCCCCC/C=C\CCCCCCCC(=O)C(C(C)=O)C(=O)CCCCCCC/C=C\CCCCCCCC. The number of ketones is 3. The molecule has 3 nitrogen and oxygen atoms in total. The number of allylic oxidation sites excluding steroid dienone is 4. The molecule has 0 rings (SSSR count). The maximum Gasteiger partial charge on any atom is 0.150 e. The molecule has 0 saturated carbocycles. The second-order valence-corrected chi connectivity index (χ2v) is 12.6. The molecule has 3 heteroatoms. The van der Waals surface area contributed by atoms with Gasteiger partial charge in [-0.15, -0.1) is 0 Å². The summed E-state index contributed by atoms with van der Waals surface area (Å²) in [7, 11) is 0. The van der Waals surface area contributed by atoms with Gasteiger partial charge in [-0.2, -0.15) is 0 Å². The molecule has 0 bridgehead atoms. The van der Waals surface area contributed by atoms with Crippen molar-refractivity contribution in [2.45, 2.75) is 201 Å². The molecule has 0 unspecified atom stereocenters. The number of hydrogen-bond donors (Lipinski definition) is 0. The first-order valence-electron chi connectivity index (χ1n) is 18.4. The third-order valence-electron chi connectivity index (χ3n) is 8.42. The second-order valence-electron chi connectivity index (χ2n) is 12.6. The van der Waals surface area contributed by atoms with Crippen LogP contribution in [0.15, 0.2) is 24.3 Å². The maximum atomic E-state index is 12.7. The Kier molecular flexibility index (Phi) is 31.2. The first kappa shape index (κ1) is 40.5. The van der Waals surface area contributed by atoms with E-state index >= 15 is 0 Å². The van der Waals surface area contributed by atoms with Gasteiger partial charge in [-0.05, 0) is 71.1 Å². The van der Waals surface area contributed by atoms with Crippen LogP contribution in [0, 0.1) is 5.92 Å². The molecule has 0 N–H and O–H groups in total. The average Bonchev–Trinajstić information content (AvgIpc) is 2.97. The lowest BCUT2D eigenvalue weighted by atomic mass is 9.89. The number of Topliss-reactive ketones (excluding diaryl/α,β-unsaturated/α-hetero) is 3. The summed E-state index contributed by atoms with van der Waals surface area (Å²) in [5.74, 6) is -1.60. The molecule has 0 atom stereocenters. The molecule has 42 heavy (non-hydrogen) atoms. The maximum absolute atomic E-state index is 12.7. The van der Waals surface area contributed by atoms with Crippen LogP contribution in [0.1, 0.15) is 201 Å². The fraction of sp³-hybridized carbons (Fsp3) is 0.821. The van der Waals surface area contributed by atoms with Gasteiger partial charge < -0.3 is 0 Å². The Morgan fingerprint density at radius 2 is 0.667 bits per heavy atom. The predicted octanol–water partition coefficient (Wildman–Crippen LogP) is 12.4. The molecule has 0 aromatic carbocycles. The van der Waals surface area contributed by atoms with Crippen molar-refractivity contribution < 1.29 is 14.4 Å². The van der Waals surface area contributed by atoms with Crippen molar-refractivity contribution in [3.63, 3.8) is 0 Å². The summed E-state index contributed by atoms with van der Waals surface area (Å²) >= 11 is 0. The highest BCUT2D eigenvalue weighted by atomic mass is 16.2. The highest BCUT2D eigenvalue weighted by molar-refractivity contribution is 6.18. The van der Waals surface area contributed by atoms with Crippen LogP contribution in [-0.2, 0) is 14.4 Å². The van der Waals surface area contributed by atoms with Crippen LogP contribution in [0.4, 0.5) is 0 Å². The van der Waals surface area contributed by atoms with Gasteiger partial charge in [0.25, 0.3) is 0 Å². The molecule has 244 valence electrons. The van der Waals surface area contributed by atoms with E-state index in [-0.39, 0.29) is 17.3 Å². The summed E-state index contributed by atoms with van der Waals surface area (Å²) in [6.07, 6.45) is 41.6. The molecule has 0 amide bonds. The van der Waals surface area contributed by atoms with Crippen molar-refractivity contribution in [1.82, 2.24) is 0 Å². The summed E-state index contributed by atoms with van der Waals surface area (Å²) < 4.78 is 0. The Morgan fingerprint density at radius 3 is 0.952 bits per heavy atom. The Balaban J connectivity index is 3.76. The Morgan fingerprint density at radius 1 is 0.405 bits per heavy atom. The van der Waals surface area contributed by atoms with Gasteiger partial charge in [0, 0.05) is 12.8 Å². The lowest BCUT2D eigenvalue weighted by molar-refractivity contribution is -0.139. The van der Waals surface area contributed by atoms with E-state index < -0.39 is 5.92 Å². The molecule has 0 aromatic heterocycles. The molecule has 0 aliphatic heterocycles. The van der Waals surface area contributed by atoms with Crippen LogP contribution in [-0.4, -0.2) is 17.3 Å². The Bertz CT molecular complexity index is 638. The van der Waals surface area contributed by atoms with Crippen LogP contribution < -0.4 is 0 Å². The molecule has 0 aromatic rings. The van der Waals surface area contributed by atoms with Gasteiger partial charge in [0.1, 0.15) is 11.7 Å². The van der Waals surface area contributed by atoms with E-state index in [0.717, 1.165) is 51.4 Å². The van der Waals surface area contributed by atoms with Gasteiger partial charge in [0.15, 0.2) is 11.6 Å². The zero-order valence-electron chi connectivity index (χ0n) is 28.4. The molecular formula is C39H70O3. The first-order chi connectivity index (χ1) is 20.5. The fourth-order valence-corrected chi connectivity index (χ4v) is 5.66. The number of hydrogen-bond acceptors (Lipinski definition) is 3.